The van der Waals surface area contributed by atoms with Crippen molar-refractivity contribution in [3.63, 3.8) is 0 Å². The number of carbonyl (C=O) groups excluding carboxylic acids is 2. The molecule has 140 valence electrons. The summed E-state index contributed by atoms with van der Waals surface area (Å²) in [5.74, 6) is -0.349. The zero-order valence-corrected chi connectivity index (χ0v) is 15.9. The summed E-state index contributed by atoms with van der Waals surface area (Å²) in [6.45, 7) is 4.53. The molecule has 1 aliphatic heterocycles. The summed E-state index contributed by atoms with van der Waals surface area (Å²) in [6, 6.07) is 2.84. The van der Waals surface area contributed by atoms with E-state index >= 15 is 0 Å². The fraction of sp³-hybridized carbons (Fsp3) is 0.600. The number of carbonyl (C=O) groups is 2. The molecule has 2 heterocycles. The molecule has 1 saturated heterocycles. The van der Waals surface area contributed by atoms with Gasteiger partial charge < -0.3 is 10.2 Å². The van der Waals surface area contributed by atoms with E-state index in [4.69, 9.17) is 0 Å². The van der Waals surface area contributed by atoms with Gasteiger partial charge in [0.25, 0.3) is 15.9 Å². The maximum absolute atomic E-state index is 12.4. The summed E-state index contributed by atoms with van der Waals surface area (Å²) in [4.78, 5) is 24.4. The minimum Gasteiger partial charge on any atom is -0.338 e. The van der Waals surface area contributed by atoms with Crippen molar-refractivity contribution < 1.29 is 22.9 Å². The Hall–Kier alpha value is -1.49. The molecule has 0 unspecified atom stereocenters. The van der Waals surface area contributed by atoms with Crippen LogP contribution in [0.4, 0.5) is 4.79 Å². The zero-order chi connectivity index (χ0) is 18.3. The molecule has 1 aromatic rings. The van der Waals surface area contributed by atoms with Crippen LogP contribution in [0.5, 0.6) is 0 Å². The molecule has 0 atom stereocenters. The molecule has 3 N–H and O–H groups in total. The van der Waals surface area contributed by atoms with Gasteiger partial charge in [0, 0.05) is 6.54 Å². The number of thiophene rings is 1. The largest absolute Gasteiger partial charge is 0.338 e. The molecule has 0 saturated carbocycles. The fourth-order valence-electron chi connectivity index (χ4n) is 2.58. The van der Waals surface area contributed by atoms with Crippen LogP contribution >= 0.6 is 11.3 Å². The maximum atomic E-state index is 12.4. The van der Waals surface area contributed by atoms with Crippen molar-refractivity contribution in [2.24, 2.45) is 0 Å². The summed E-state index contributed by atoms with van der Waals surface area (Å²) in [5.41, 5.74) is 0. The van der Waals surface area contributed by atoms with E-state index < -0.39 is 16.1 Å². The number of nitrogens with one attached hydrogen (secondary N) is 3. The second kappa shape index (κ2) is 9.27. The lowest BCUT2D eigenvalue weighted by atomic mass is 10.3. The first-order valence-electron chi connectivity index (χ1n) is 8.38. The highest BCUT2D eigenvalue weighted by Crippen LogP contribution is 2.20. The average molecular weight is 390 g/mol. The smallest absolute Gasteiger partial charge is 0.321 e. The molecule has 0 spiro atoms. The number of urea groups is 1. The molecule has 3 amide bonds. The minimum atomic E-state index is -3.43. The van der Waals surface area contributed by atoms with E-state index in [1.165, 1.54) is 15.6 Å². The predicted molar refractivity (Wildman–Crippen MR) is 95.1 cm³/mol. The number of rotatable bonds is 7. The van der Waals surface area contributed by atoms with E-state index in [9.17, 15) is 18.0 Å². The van der Waals surface area contributed by atoms with Crippen molar-refractivity contribution in [1.82, 2.24) is 14.9 Å². The first kappa shape index (κ1) is 19.8. The van der Waals surface area contributed by atoms with Crippen LogP contribution in [-0.2, 0) is 14.8 Å². The summed E-state index contributed by atoms with van der Waals surface area (Å²) in [7, 11) is -3.43. The second-order valence-corrected chi connectivity index (χ2v) is 9.03. The Labute approximate surface area is 152 Å². The summed E-state index contributed by atoms with van der Waals surface area (Å²) >= 11 is 1.20. The van der Waals surface area contributed by atoms with E-state index in [0.29, 0.717) is 36.9 Å². The highest BCUT2D eigenvalue weighted by atomic mass is 32.2. The van der Waals surface area contributed by atoms with E-state index in [2.05, 4.69) is 10.6 Å². The van der Waals surface area contributed by atoms with Gasteiger partial charge >= 0.3 is 6.03 Å². The molecule has 0 radical (unpaired) electrons. The van der Waals surface area contributed by atoms with Crippen molar-refractivity contribution in [2.45, 2.75) is 24.0 Å². The topological polar surface area (TPSA) is 100 Å². The van der Waals surface area contributed by atoms with Crippen LogP contribution in [0, 0.1) is 0 Å². The molecule has 1 aromatic heterocycles. The standard InChI is InChI=1S/C15H24N4O4S2/c1-2-3-6-16-15(21)17-13(20)12-18-7-9-19(10-8-18)25(22,23)14-5-4-11-24-14/h4-5,11H,2-3,6-10,12H2,1H3,(H2,16,17,20,21)/p+1. The van der Waals surface area contributed by atoms with Crippen LogP contribution in [-0.4, -0.2) is 63.9 Å². The molecule has 0 aromatic carbocycles. The summed E-state index contributed by atoms with van der Waals surface area (Å²) in [6.07, 6.45) is 1.84. The lowest BCUT2D eigenvalue weighted by molar-refractivity contribution is -0.895. The van der Waals surface area contributed by atoms with Gasteiger partial charge in [-0.05, 0) is 17.9 Å². The average Bonchev–Trinajstić information content (AvgIpc) is 3.10. The number of quaternary nitrogens is 1. The van der Waals surface area contributed by atoms with Crippen LogP contribution in [0.1, 0.15) is 19.8 Å². The Balaban J connectivity index is 1.75. The number of hydrogen-bond donors (Lipinski definition) is 3. The molecule has 1 fully saturated rings. The van der Waals surface area contributed by atoms with Gasteiger partial charge in [0.2, 0.25) is 0 Å². The number of amides is 3. The van der Waals surface area contributed by atoms with Crippen molar-refractivity contribution in [3.05, 3.63) is 17.5 Å². The Kier molecular flexibility index (Phi) is 7.36. The van der Waals surface area contributed by atoms with E-state index in [0.717, 1.165) is 17.7 Å². The molecular formula is C15H25N4O4S2+. The highest BCUT2D eigenvalue weighted by molar-refractivity contribution is 7.91. The number of imide groups is 1. The third-order valence-electron chi connectivity index (χ3n) is 4.00. The first-order valence-corrected chi connectivity index (χ1v) is 10.7. The van der Waals surface area contributed by atoms with Gasteiger partial charge in [-0.15, -0.1) is 11.3 Å². The quantitative estimate of drug-likeness (QED) is 0.535. The number of nitrogens with zero attached hydrogens (tertiary/aromatic N) is 1. The maximum Gasteiger partial charge on any atom is 0.321 e. The number of hydrogen-bond acceptors (Lipinski definition) is 5. The van der Waals surface area contributed by atoms with Crippen LogP contribution in [0.15, 0.2) is 21.7 Å². The molecule has 25 heavy (non-hydrogen) atoms. The Morgan fingerprint density at radius 1 is 1.32 bits per heavy atom. The van der Waals surface area contributed by atoms with Gasteiger partial charge in [-0.2, -0.15) is 4.31 Å². The number of piperazine rings is 1. The van der Waals surface area contributed by atoms with E-state index in [1.807, 2.05) is 6.92 Å². The minimum absolute atomic E-state index is 0.161. The second-order valence-electron chi connectivity index (χ2n) is 5.92. The molecule has 0 bridgehead atoms. The van der Waals surface area contributed by atoms with E-state index in [1.54, 1.807) is 17.5 Å². The van der Waals surface area contributed by atoms with Gasteiger partial charge in [-0.25, -0.2) is 13.2 Å². The van der Waals surface area contributed by atoms with Crippen molar-refractivity contribution in [1.29, 1.82) is 0 Å². The zero-order valence-electron chi connectivity index (χ0n) is 14.3. The van der Waals surface area contributed by atoms with Gasteiger partial charge in [-0.1, -0.05) is 19.4 Å². The summed E-state index contributed by atoms with van der Waals surface area (Å²) in [5, 5.41) is 6.68. The predicted octanol–water partition coefficient (Wildman–Crippen LogP) is -0.737. The van der Waals surface area contributed by atoms with Crippen molar-refractivity contribution in [2.75, 3.05) is 39.3 Å². The molecular weight excluding hydrogens is 364 g/mol. The molecule has 10 heteroatoms. The lowest BCUT2D eigenvalue weighted by Crippen LogP contribution is -3.15. The SMILES string of the molecule is CCCCNC(=O)NC(=O)C[NH+]1CCN(S(=O)(=O)c2cccs2)CC1. The normalized spacial score (nSPS) is 16.5. The monoisotopic (exact) mass is 389 g/mol. The summed E-state index contributed by atoms with van der Waals surface area (Å²) < 4.78 is 26.7. The molecule has 2 rings (SSSR count). The van der Waals surface area contributed by atoms with Crippen LogP contribution < -0.4 is 15.5 Å². The van der Waals surface area contributed by atoms with E-state index in [-0.39, 0.29) is 12.5 Å². The van der Waals surface area contributed by atoms with Gasteiger partial charge in [0.1, 0.15) is 4.21 Å². The lowest BCUT2D eigenvalue weighted by Gasteiger charge is -2.30. The van der Waals surface area contributed by atoms with Gasteiger partial charge in [0.05, 0.1) is 26.2 Å². The first-order chi connectivity index (χ1) is 11.9. The molecule has 0 aliphatic carbocycles. The Bertz CT molecular complexity index is 668. The van der Waals surface area contributed by atoms with Crippen LogP contribution in [0.3, 0.4) is 0 Å². The third-order valence-corrected chi connectivity index (χ3v) is 7.27. The molecule has 8 nitrogen and oxygen atoms in total. The van der Waals surface area contributed by atoms with Crippen molar-refractivity contribution >= 4 is 33.3 Å². The Morgan fingerprint density at radius 3 is 2.64 bits per heavy atom. The fourth-order valence-corrected chi connectivity index (χ4v) is 5.16. The van der Waals surface area contributed by atoms with Crippen LogP contribution in [0.25, 0.3) is 0 Å². The number of unbranched alkanes of at least 4 members (excludes halogenated alkanes) is 1. The van der Waals surface area contributed by atoms with Crippen LogP contribution in [0.2, 0.25) is 0 Å². The Morgan fingerprint density at radius 2 is 2.04 bits per heavy atom. The van der Waals surface area contributed by atoms with Gasteiger partial charge in [0.15, 0.2) is 6.54 Å². The van der Waals surface area contributed by atoms with Gasteiger partial charge in [-0.3, -0.25) is 10.1 Å². The molecule has 1 aliphatic rings. The number of sulfonamides is 1. The third kappa shape index (κ3) is 5.77. The highest BCUT2D eigenvalue weighted by Gasteiger charge is 2.31. The van der Waals surface area contributed by atoms with Crippen molar-refractivity contribution in [3.8, 4) is 0 Å².